The maximum atomic E-state index is 10.0. The molecule has 3 aromatic rings. The molecule has 27 heavy (non-hydrogen) atoms. The summed E-state index contributed by atoms with van der Waals surface area (Å²) in [6.07, 6.45) is 2.76. The Labute approximate surface area is 166 Å². The number of pyridine rings is 1. The lowest BCUT2D eigenvalue weighted by atomic mass is 9.88. The van der Waals surface area contributed by atoms with Crippen LogP contribution in [0.25, 0.3) is 11.0 Å². The standard InChI is InChI=1S/C22H31N3OS/c1-6-16(14-26)25(13-19-15(2)9-11-27-19)12-18-17-8-7-10-23-21(17)24-20(18)22(3,4)5/h7-11,16,26H,6,12-14H2,1-5H3,(H,23,24)/t16-/m1/s1. The van der Waals surface area contributed by atoms with Crippen LogP contribution in [-0.2, 0) is 18.5 Å². The van der Waals surface area contributed by atoms with E-state index in [1.807, 2.05) is 12.3 Å². The molecule has 0 aromatic carbocycles. The predicted molar refractivity (Wildman–Crippen MR) is 114 cm³/mol. The molecule has 4 nitrogen and oxygen atoms in total. The first-order valence-electron chi connectivity index (χ1n) is 9.69. The lowest BCUT2D eigenvalue weighted by Crippen LogP contribution is -2.37. The molecule has 146 valence electrons. The van der Waals surface area contributed by atoms with Gasteiger partial charge in [-0.1, -0.05) is 27.7 Å². The first-order valence-corrected chi connectivity index (χ1v) is 10.6. The fourth-order valence-corrected chi connectivity index (χ4v) is 4.58. The van der Waals surface area contributed by atoms with E-state index in [1.165, 1.54) is 27.1 Å². The third-order valence-corrected chi connectivity index (χ3v) is 6.31. The molecule has 1 atom stereocenters. The maximum absolute atomic E-state index is 10.0. The highest BCUT2D eigenvalue weighted by Crippen LogP contribution is 2.33. The average Bonchev–Trinajstić information content (AvgIpc) is 3.20. The van der Waals surface area contributed by atoms with Gasteiger partial charge in [0.1, 0.15) is 5.65 Å². The van der Waals surface area contributed by atoms with Crippen molar-refractivity contribution in [2.45, 2.75) is 65.6 Å². The minimum atomic E-state index is 0.00147. The smallest absolute Gasteiger partial charge is 0.137 e. The summed E-state index contributed by atoms with van der Waals surface area (Å²) in [5, 5.41) is 13.3. The van der Waals surface area contributed by atoms with Gasteiger partial charge in [0, 0.05) is 46.7 Å². The first kappa shape index (κ1) is 20.1. The van der Waals surface area contributed by atoms with Crippen LogP contribution in [0.3, 0.4) is 0 Å². The summed E-state index contributed by atoms with van der Waals surface area (Å²) in [6.45, 7) is 12.9. The van der Waals surface area contributed by atoms with Gasteiger partial charge in [-0.3, -0.25) is 4.90 Å². The van der Waals surface area contributed by atoms with Crippen LogP contribution in [0.4, 0.5) is 0 Å². The molecule has 0 saturated heterocycles. The van der Waals surface area contributed by atoms with Crippen LogP contribution in [0.15, 0.2) is 29.8 Å². The van der Waals surface area contributed by atoms with E-state index in [4.69, 9.17) is 0 Å². The fourth-order valence-electron chi connectivity index (χ4n) is 3.65. The maximum Gasteiger partial charge on any atom is 0.137 e. The van der Waals surface area contributed by atoms with E-state index in [2.05, 4.69) is 67.0 Å². The van der Waals surface area contributed by atoms with Crippen LogP contribution in [0, 0.1) is 6.92 Å². The van der Waals surface area contributed by atoms with Crippen LogP contribution < -0.4 is 0 Å². The van der Waals surface area contributed by atoms with Crippen molar-refractivity contribution in [3.05, 3.63) is 51.5 Å². The Morgan fingerprint density at radius 2 is 2.04 bits per heavy atom. The van der Waals surface area contributed by atoms with Gasteiger partial charge in [-0.15, -0.1) is 11.3 Å². The zero-order valence-electron chi connectivity index (χ0n) is 17.0. The number of hydrogen-bond acceptors (Lipinski definition) is 4. The van der Waals surface area contributed by atoms with Gasteiger partial charge in [0.25, 0.3) is 0 Å². The summed E-state index contributed by atoms with van der Waals surface area (Å²) < 4.78 is 0. The van der Waals surface area contributed by atoms with Gasteiger partial charge in [0.2, 0.25) is 0 Å². The molecule has 0 saturated carbocycles. The fraction of sp³-hybridized carbons (Fsp3) is 0.500. The van der Waals surface area contributed by atoms with Gasteiger partial charge < -0.3 is 10.1 Å². The summed E-state index contributed by atoms with van der Waals surface area (Å²) in [5.74, 6) is 0. The minimum Gasteiger partial charge on any atom is -0.395 e. The number of fused-ring (bicyclic) bond motifs is 1. The highest BCUT2D eigenvalue weighted by molar-refractivity contribution is 7.10. The molecule has 0 amide bonds. The van der Waals surface area contributed by atoms with Gasteiger partial charge in [0.15, 0.2) is 0 Å². The van der Waals surface area contributed by atoms with Crippen LogP contribution in [0.2, 0.25) is 0 Å². The minimum absolute atomic E-state index is 0.00147. The van der Waals surface area contributed by atoms with Crippen molar-refractivity contribution in [3.8, 4) is 0 Å². The van der Waals surface area contributed by atoms with E-state index >= 15 is 0 Å². The predicted octanol–water partition coefficient (Wildman–Crippen LogP) is 5.00. The first-order chi connectivity index (χ1) is 12.8. The molecular formula is C22H31N3OS. The number of aryl methyl sites for hydroxylation is 1. The van der Waals surface area contributed by atoms with E-state index < -0.39 is 0 Å². The van der Waals surface area contributed by atoms with E-state index in [9.17, 15) is 5.11 Å². The molecule has 0 bridgehead atoms. The van der Waals surface area contributed by atoms with Gasteiger partial charge in [-0.2, -0.15) is 0 Å². The van der Waals surface area contributed by atoms with Gasteiger partial charge in [-0.25, -0.2) is 4.98 Å². The molecule has 5 heteroatoms. The SMILES string of the molecule is CC[C@H](CO)N(Cc1sccc1C)Cc1c(C(C)(C)C)[nH]c2ncccc12. The Balaban J connectivity index is 2.03. The summed E-state index contributed by atoms with van der Waals surface area (Å²) in [7, 11) is 0. The second-order valence-corrected chi connectivity index (χ2v) is 9.31. The van der Waals surface area contributed by atoms with E-state index in [1.54, 1.807) is 11.3 Å². The Hall–Kier alpha value is -1.69. The second kappa shape index (κ2) is 8.13. The van der Waals surface area contributed by atoms with E-state index in [0.717, 1.165) is 25.2 Å². The molecule has 3 heterocycles. The number of aliphatic hydroxyl groups is 1. The quantitative estimate of drug-likeness (QED) is 0.601. The van der Waals surface area contributed by atoms with Crippen LogP contribution in [0.5, 0.6) is 0 Å². The Bertz CT molecular complexity index is 886. The summed E-state index contributed by atoms with van der Waals surface area (Å²) in [6, 6.07) is 6.47. The van der Waals surface area contributed by atoms with Crippen molar-refractivity contribution in [1.29, 1.82) is 0 Å². The third kappa shape index (κ3) is 4.26. The van der Waals surface area contributed by atoms with E-state index in [0.29, 0.717) is 0 Å². The molecule has 0 unspecified atom stereocenters. The third-order valence-electron chi connectivity index (χ3n) is 5.30. The number of hydrogen-bond donors (Lipinski definition) is 2. The number of thiophene rings is 1. The molecule has 0 fully saturated rings. The largest absolute Gasteiger partial charge is 0.395 e. The van der Waals surface area contributed by atoms with Crippen molar-refractivity contribution >= 4 is 22.4 Å². The average molecular weight is 386 g/mol. The van der Waals surface area contributed by atoms with Crippen molar-refractivity contribution in [2.75, 3.05) is 6.61 Å². The number of aromatic nitrogens is 2. The molecule has 3 aromatic heterocycles. The lowest BCUT2D eigenvalue weighted by molar-refractivity contribution is 0.107. The highest BCUT2D eigenvalue weighted by Gasteiger charge is 2.26. The van der Waals surface area contributed by atoms with Crippen molar-refractivity contribution < 1.29 is 5.11 Å². The van der Waals surface area contributed by atoms with Gasteiger partial charge in [-0.05, 0) is 48.1 Å². The molecular weight excluding hydrogens is 354 g/mol. The number of aliphatic hydroxyl groups excluding tert-OH is 1. The number of H-pyrrole nitrogens is 1. The molecule has 0 aliphatic carbocycles. The zero-order chi connectivity index (χ0) is 19.6. The molecule has 2 N–H and O–H groups in total. The molecule has 0 aliphatic heterocycles. The summed E-state index contributed by atoms with van der Waals surface area (Å²) >= 11 is 1.80. The van der Waals surface area contributed by atoms with Crippen LogP contribution in [0.1, 0.15) is 55.8 Å². The number of aromatic amines is 1. The topological polar surface area (TPSA) is 52.1 Å². The summed E-state index contributed by atoms with van der Waals surface area (Å²) in [5.41, 5.74) is 4.81. The number of rotatable bonds is 7. The molecule has 0 aliphatic rings. The zero-order valence-corrected chi connectivity index (χ0v) is 17.9. The molecule has 0 radical (unpaired) electrons. The molecule has 0 spiro atoms. The highest BCUT2D eigenvalue weighted by atomic mass is 32.1. The number of nitrogens with zero attached hydrogens (tertiary/aromatic N) is 2. The Kier molecular flexibility index (Phi) is 6.04. The Morgan fingerprint density at radius 1 is 1.26 bits per heavy atom. The van der Waals surface area contributed by atoms with Gasteiger partial charge in [0.05, 0.1) is 6.61 Å². The van der Waals surface area contributed by atoms with Crippen molar-refractivity contribution in [2.24, 2.45) is 0 Å². The summed E-state index contributed by atoms with van der Waals surface area (Å²) in [4.78, 5) is 11.9. The van der Waals surface area contributed by atoms with Crippen LogP contribution in [-0.4, -0.2) is 32.6 Å². The van der Waals surface area contributed by atoms with Crippen LogP contribution >= 0.6 is 11.3 Å². The van der Waals surface area contributed by atoms with E-state index in [-0.39, 0.29) is 18.1 Å². The lowest BCUT2D eigenvalue weighted by Gasteiger charge is -2.31. The Morgan fingerprint density at radius 3 is 2.63 bits per heavy atom. The number of nitrogens with one attached hydrogen (secondary N) is 1. The van der Waals surface area contributed by atoms with Crippen molar-refractivity contribution in [3.63, 3.8) is 0 Å². The monoisotopic (exact) mass is 385 g/mol. The van der Waals surface area contributed by atoms with Crippen molar-refractivity contribution in [1.82, 2.24) is 14.9 Å². The second-order valence-electron chi connectivity index (χ2n) is 8.30. The molecule has 3 rings (SSSR count). The normalized spacial score (nSPS) is 13.6. The van der Waals surface area contributed by atoms with Gasteiger partial charge >= 0.3 is 0 Å².